The van der Waals surface area contributed by atoms with Crippen LogP contribution in [0.25, 0.3) is 0 Å². The predicted octanol–water partition coefficient (Wildman–Crippen LogP) is 1.31. The maximum Gasteiger partial charge on any atom is 0.264 e. The summed E-state index contributed by atoms with van der Waals surface area (Å²) in [6.45, 7) is 2.49. The van der Waals surface area contributed by atoms with E-state index in [1.807, 2.05) is 30.3 Å². The van der Waals surface area contributed by atoms with E-state index in [0.29, 0.717) is 24.9 Å². The first-order valence-electron chi connectivity index (χ1n) is 6.24. The van der Waals surface area contributed by atoms with Gasteiger partial charge in [0.2, 0.25) is 5.82 Å². The van der Waals surface area contributed by atoms with Crippen molar-refractivity contribution in [2.24, 2.45) is 0 Å². The van der Waals surface area contributed by atoms with Crippen molar-refractivity contribution < 1.29 is 14.0 Å². The molecule has 0 saturated carbocycles. The summed E-state index contributed by atoms with van der Waals surface area (Å²) in [5.74, 6) is 1.80. The van der Waals surface area contributed by atoms with Gasteiger partial charge in [-0.2, -0.15) is 4.98 Å². The summed E-state index contributed by atoms with van der Waals surface area (Å²) in [4.78, 5) is 4.28. The third kappa shape index (κ3) is 3.10. The van der Waals surface area contributed by atoms with Crippen molar-refractivity contribution in [2.45, 2.75) is 12.7 Å². The molecule has 0 radical (unpaired) electrons. The molecule has 2 heterocycles. The van der Waals surface area contributed by atoms with Crippen LogP contribution in [0.2, 0.25) is 0 Å². The molecule has 0 bridgehead atoms. The first-order valence-corrected chi connectivity index (χ1v) is 6.24. The average molecular weight is 261 g/mol. The van der Waals surface area contributed by atoms with Crippen molar-refractivity contribution in [3.63, 3.8) is 0 Å². The Balaban J connectivity index is 1.58. The third-order valence-corrected chi connectivity index (χ3v) is 2.80. The molecule has 1 N–H and O–H groups in total. The zero-order chi connectivity index (χ0) is 12.9. The van der Waals surface area contributed by atoms with Gasteiger partial charge in [0.05, 0.1) is 6.61 Å². The van der Waals surface area contributed by atoms with Crippen LogP contribution in [0.15, 0.2) is 34.9 Å². The van der Waals surface area contributed by atoms with Crippen LogP contribution in [-0.2, 0) is 11.3 Å². The lowest BCUT2D eigenvalue weighted by Crippen LogP contribution is -2.33. The molecule has 6 nitrogen and oxygen atoms in total. The number of para-hydroxylation sites is 1. The predicted molar refractivity (Wildman–Crippen MR) is 66.6 cm³/mol. The second-order valence-electron chi connectivity index (χ2n) is 4.21. The first-order chi connectivity index (χ1) is 9.42. The van der Waals surface area contributed by atoms with Gasteiger partial charge in [-0.05, 0) is 12.1 Å². The molecule has 1 aromatic heterocycles. The molecule has 1 aromatic carbocycles. The first kappa shape index (κ1) is 12.1. The highest BCUT2D eigenvalue weighted by atomic mass is 16.5. The van der Waals surface area contributed by atoms with Crippen molar-refractivity contribution in [2.75, 3.05) is 19.7 Å². The summed E-state index contributed by atoms with van der Waals surface area (Å²) in [6, 6.07) is 9.52. The number of benzene rings is 1. The third-order valence-electron chi connectivity index (χ3n) is 2.80. The fourth-order valence-corrected chi connectivity index (χ4v) is 1.85. The quantitative estimate of drug-likeness (QED) is 0.895. The van der Waals surface area contributed by atoms with Crippen LogP contribution in [0.4, 0.5) is 0 Å². The number of morpholine rings is 1. The minimum atomic E-state index is -0.136. The van der Waals surface area contributed by atoms with E-state index in [-0.39, 0.29) is 12.7 Å². The van der Waals surface area contributed by atoms with Gasteiger partial charge >= 0.3 is 0 Å². The minimum Gasteiger partial charge on any atom is -0.484 e. The molecule has 3 rings (SSSR count). The van der Waals surface area contributed by atoms with Crippen molar-refractivity contribution in [1.29, 1.82) is 0 Å². The molecule has 1 fully saturated rings. The second kappa shape index (κ2) is 5.81. The molecular weight excluding hydrogens is 246 g/mol. The van der Waals surface area contributed by atoms with Gasteiger partial charge in [0.1, 0.15) is 11.9 Å². The summed E-state index contributed by atoms with van der Waals surface area (Å²) in [6.07, 6.45) is -0.136. The number of rotatable bonds is 4. The van der Waals surface area contributed by atoms with Gasteiger partial charge in [-0.15, -0.1) is 0 Å². The van der Waals surface area contributed by atoms with Crippen molar-refractivity contribution in [1.82, 2.24) is 15.5 Å². The minimum absolute atomic E-state index is 0.136. The number of ether oxygens (including phenoxy) is 2. The molecule has 0 spiro atoms. The van der Waals surface area contributed by atoms with Crippen LogP contribution in [0.5, 0.6) is 5.75 Å². The molecule has 6 heteroatoms. The molecule has 2 aromatic rings. The highest BCUT2D eigenvalue weighted by molar-refractivity contribution is 5.20. The lowest BCUT2D eigenvalue weighted by Gasteiger charge is -2.20. The van der Waals surface area contributed by atoms with Crippen LogP contribution in [0.3, 0.4) is 0 Å². The van der Waals surface area contributed by atoms with Crippen LogP contribution in [0.1, 0.15) is 17.8 Å². The van der Waals surface area contributed by atoms with Crippen molar-refractivity contribution in [3.05, 3.63) is 42.0 Å². The van der Waals surface area contributed by atoms with E-state index in [2.05, 4.69) is 15.5 Å². The van der Waals surface area contributed by atoms with E-state index in [1.165, 1.54) is 0 Å². The second-order valence-corrected chi connectivity index (χ2v) is 4.21. The Morgan fingerprint density at radius 1 is 1.32 bits per heavy atom. The fourth-order valence-electron chi connectivity index (χ4n) is 1.85. The average Bonchev–Trinajstić information content (AvgIpc) is 2.96. The molecule has 1 unspecified atom stereocenters. The van der Waals surface area contributed by atoms with Crippen molar-refractivity contribution >= 4 is 0 Å². The Hall–Kier alpha value is -1.92. The smallest absolute Gasteiger partial charge is 0.264 e. The van der Waals surface area contributed by atoms with Gasteiger partial charge in [0.25, 0.3) is 5.89 Å². The highest BCUT2D eigenvalue weighted by Crippen LogP contribution is 2.16. The molecule has 0 amide bonds. The Labute approximate surface area is 110 Å². The van der Waals surface area contributed by atoms with Crippen LogP contribution < -0.4 is 10.1 Å². The summed E-state index contributed by atoms with van der Waals surface area (Å²) in [5.41, 5.74) is 0. The monoisotopic (exact) mass is 261 g/mol. The summed E-state index contributed by atoms with van der Waals surface area (Å²) in [5, 5.41) is 7.14. The number of aromatic nitrogens is 2. The molecule has 1 atom stereocenters. The number of nitrogens with one attached hydrogen (secondary N) is 1. The zero-order valence-corrected chi connectivity index (χ0v) is 10.4. The number of hydrogen-bond acceptors (Lipinski definition) is 6. The van der Waals surface area contributed by atoms with E-state index < -0.39 is 0 Å². The van der Waals surface area contributed by atoms with Gasteiger partial charge in [0.15, 0.2) is 6.61 Å². The van der Waals surface area contributed by atoms with E-state index >= 15 is 0 Å². The van der Waals surface area contributed by atoms with Crippen LogP contribution in [-0.4, -0.2) is 29.8 Å². The Bertz CT molecular complexity index is 509. The molecule has 0 aliphatic carbocycles. The SMILES string of the molecule is c1ccc(OCc2nc(C3CNCCO3)no2)cc1. The highest BCUT2D eigenvalue weighted by Gasteiger charge is 2.21. The molecule has 1 aliphatic rings. The number of nitrogens with zero attached hydrogens (tertiary/aromatic N) is 2. The van der Waals surface area contributed by atoms with E-state index in [4.69, 9.17) is 14.0 Å². The summed E-state index contributed by atoms with van der Waals surface area (Å²) < 4.78 is 16.2. The largest absolute Gasteiger partial charge is 0.484 e. The van der Waals surface area contributed by atoms with E-state index in [0.717, 1.165) is 12.3 Å². The molecule has 100 valence electrons. The maximum atomic E-state index is 5.55. The Morgan fingerprint density at radius 3 is 3.00 bits per heavy atom. The van der Waals surface area contributed by atoms with Crippen LogP contribution in [0, 0.1) is 0 Å². The van der Waals surface area contributed by atoms with E-state index in [9.17, 15) is 0 Å². The Kier molecular flexibility index (Phi) is 3.71. The molecular formula is C13H15N3O3. The number of hydrogen-bond donors (Lipinski definition) is 1. The van der Waals surface area contributed by atoms with Crippen molar-refractivity contribution in [3.8, 4) is 5.75 Å². The zero-order valence-electron chi connectivity index (χ0n) is 10.4. The van der Waals surface area contributed by atoms with Gasteiger partial charge in [-0.25, -0.2) is 0 Å². The molecule has 1 saturated heterocycles. The standard InChI is InChI=1S/C13H15N3O3/c1-2-4-10(5-3-1)18-9-12-15-13(16-19-12)11-8-14-6-7-17-11/h1-5,11,14H,6-9H2. The van der Waals surface area contributed by atoms with Gasteiger partial charge < -0.3 is 19.3 Å². The lowest BCUT2D eigenvalue weighted by atomic mass is 10.3. The summed E-state index contributed by atoms with van der Waals surface area (Å²) in [7, 11) is 0. The normalized spacial score (nSPS) is 19.3. The lowest BCUT2D eigenvalue weighted by molar-refractivity contribution is 0.0208. The van der Waals surface area contributed by atoms with Gasteiger partial charge in [-0.1, -0.05) is 23.4 Å². The van der Waals surface area contributed by atoms with E-state index in [1.54, 1.807) is 0 Å². The fraction of sp³-hybridized carbons (Fsp3) is 0.385. The van der Waals surface area contributed by atoms with Gasteiger partial charge in [-0.3, -0.25) is 0 Å². The Morgan fingerprint density at radius 2 is 2.21 bits per heavy atom. The molecule has 19 heavy (non-hydrogen) atoms. The molecule has 1 aliphatic heterocycles. The summed E-state index contributed by atoms with van der Waals surface area (Å²) >= 11 is 0. The van der Waals surface area contributed by atoms with Gasteiger partial charge in [0, 0.05) is 13.1 Å². The maximum absolute atomic E-state index is 5.55. The topological polar surface area (TPSA) is 69.4 Å². The van der Waals surface area contributed by atoms with Crippen LogP contribution >= 0.6 is 0 Å².